The van der Waals surface area contributed by atoms with Crippen molar-refractivity contribution in [2.24, 2.45) is 5.41 Å². The average molecular weight is 584 g/mol. The molecule has 3 N–H and O–H groups in total. The molecule has 0 aliphatic carbocycles. The Morgan fingerprint density at radius 1 is 1.22 bits per heavy atom. The van der Waals surface area contributed by atoms with Gasteiger partial charge < -0.3 is 20.2 Å². The number of carbonyl (C=O) groups excluding carboxylic acids is 1. The number of carbonyl (C=O) groups is 1. The van der Waals surface area contributed by atoms with Crippen LogP contribution in [0.25, 0.3) is 22.3 Å². The fourth-order valence-electron chi connectivity index (χ4n) is 5.81. The Labute approximate surface area is 242 Å². The normalized spacial score (nSPS) is 21.8. The second-order valence-electron chi connectivity index (χ2n) is 11.6. The highest BCUT2D eigenvalue weighted by Crippen LogP contribution is 2.39. The summed E-state index contributed by atoms with van der Waals surface area (Å²) in [5, 5.41) is 18.1. The zero-order valence-corrected chi connectivity index (χ0v) is 24.4. The molecule has 1 aromatic carbocycles. The van der Waals surface area contributed by atoms with E-state index < -0.39 is 17.7 Å². The highest BCUT2D eigenvalue weighted by molar-refractivity contribution is 6.34. The summed E-state index contributed by atoms with van der Waals surface area (Å²) in [6.07, 6.45) is 0.771. The molecule has 218 valence electrons. The first-order valence-electron chi connectivity index (χ1n) is 13.7. The molecule has 2 aromatic heterocycles. The number of piperazine rings is 2. The molecule has 2 unspecified atom stereocenters. The summed E-state index contributed by atoms with van der Waals surface area (Å²) in [5.41, 5.74) is -0.647. The van der Waals surface area contributed by atoms with Crippen LogP contribution in [0.15, 0.2) is 41.7 Å². The highest BCUT2D eigenvalue weighted by atomic mass is 35.5. The van der Waals surface area contributed by atoms with Gasteiger partial charge in [0.05, 0.1) is 21.7 Å². The number of hydrogen-bond acceptors (Lipinski definition) is 8. The smallest absolute Gasteiger partial charge is 0.352 e. The third kappa shape index (κ3) is 5.29. The first-order valence-corrected chi connectivity index (χ1v) is 14.1. The van der Waals surface area contributed by atoms with Crippen LogP contribution in [0.4, 0.5) is 10.2 Å². The number of aromatic nitrogens is 3. The number of aromatic hydroxyl groups is 1. The Bertz CT molecular complexity index is 1550. The van der Waals surface area contributed by atoms with Crippen LogP contribution in [0, 0.1) is 11.2 Å². The molecule has 0 radical (unpaired) electrons. The Kier molecular flexibility index (Phi) is 7.80. The minimum absolute atomic E-state index is 0.0191. The van der Waals surface area contributed by atoms with E-state index in [1.165, 1.54) is 28.8 Å². The van der Waals surface area contributed by atoms with E-state index in [2.05, 4.69) is 43.0 Å². The summed E-state index contributed by atoms with van der Waals surface area (Å²) >= 11 is 6.73. The predicted molar refractivity (Wildman–Crippen MR) is 158 cm³/mol. The number of benzene rings is 1. The van der Waals surface area contributed by atoms with Crippen LogP contribution in [-0.2, 0) is 4.79 Å². The van der Waals surface area contributed by atoms with Crippen LogP contribution in [0.5, 0.6) is 5.75 Å². The fourth-order valence-corrected chi connectivity index (χ4v) is 6.06. The number of amides is 1. The van der Waals surface area contributed by atoms with E-state index in [9.17, 15) is 14.7 Å². The van der Waals surface area contributed by atoms with Gasteiger partial charge in [0.25, 0.3) is 0 Å². The molecule has 12 heteroatoms. The van der Waals surface area contributed by atoms with E-state index in [1.54, 1.807) is 11.0 Å². The summed E-state index contributed by atoms with van der Waals surface area (Å²) in [5.74, 6) is -0.783. The highest BCUT2D eigenvalue weighted by Gasteiger charge is 2.38. The third-order valence-electron chi connectivity index (χ3n) is 7.82. The molecule has 0 spiro atoms. The summed E-state index contributed by atoms with van der Waals surface area (Å²) in [7, 11) is 0. The molecule has 2 aliphatic heterocycles. The number of hydrogen-bond donors (Lipinski definition) is 3. The summed E-state index contributed by atoms with van der Waals surface area (Å²) in [6, 6.07) is 5.25. The maximum atomic E-state index is 15.0. The molecule has 0 saturated carbocycles. The Morgan fingerprint density at radius 2 is 1.95 bits per heavy atom. The number of nitrogens with one attached hydrogen (secondary N) is 2. The number of phenols is 1. The summed E-state index contributed by atoms with van der Waals surface area (Å²) < 4.78 is 16.5. The van der Waals surface area contributed by atoms with Crippen molar-refractivity contribution in [2.75, 3.05) is 37.6 Å². The number of anilines is 1. The number of phenolic OH excluding ortho intramolecular Hbond substituents is 1. The van der Waals surface area contributed by atoms with Crippen molar-refractivity contribution in [1.82, 2.24) is 30.1 Å². The molecule has 10 nitrogen and oxygen atoms in total. The maximum Gasteiger partial charge on any atom is 0.352 e. The van der Waals surface area contributed by atoms with Gasteiger partial charge in [0.1, 0.15) is 29.2 Å². The topological polar surface area (TPSA) is 116 Å². The van der Waals surface area contributed by atoms with Crippen LogP contribution in [0.1, 0.15) is 33.9 Å². The number of halogens is 2. The van der Waals surface area contributed by atoms with Gasteiger partial charge in [-0.05, 0) is 36.6 Å². The van der Waals surface area contributed by atoms with Crippen molar-refractivity contribution >= 4 is 34.4 Å². The molecule has 1 amide bonds. The quantitative estimate of drug-likeness (QED) is 0.401. The largest absolute Gasteiger partial charge is 0.507 e. The van der Waals surface area contributed by atoms with Gasteiger partial charge in [-0.3, -0.25) is 14.7 Å². The van der Waals surface area contributed by atoms with Crippen molar-refractivity contribution in [2.45, 2.75) is 45.9 Å². The fraction of sp³-hybridized carbons (Fsp3) is 0.448. The van der Waals surface area contributed by atoms with E-state index in [1.807, 2.05) is 11.8 Å². The van der Waals surface area contributed by atoms with Crippen LogP contribution >= 0.6 is 11.6 Å². The molecule has 3 aromatic rings. The molecule has 2 aliphatic rings. The lowest BCUT2D eigenvalue weighted by atomic mass is 9.83. The molecule has 5 rings (SSSR count). The van der Waals surface area contributed by atoms with Crippen molar-refractivity contribution < 1.29 is 14.3 Å². The van der Waals surface area contributed by atoms with Gasteiger partial charge in [-0.25, -0.2) is 14.2 Å². The van der Waals surface area contributed by atoms with E-state index in [0.717, 1.165) is 6.54 Å². The molecule has 2 saturated heterocycles. The zero-order valence-electron chi connectivity index (χ0n) is 23.6. The minimum Gasteiger partial charge on any atom is -0.507 e. The molecular formula is C29H35ClFN7O3. The minimum atomic E-state index is -0.691. The van der Waals surface area contributed by atoms with E-state index in [0.29, 0.717) is 37.4 Å². The van der Waals surface area contributed by atoms with Gasteiger partial charge in [0.2, 0.25) is 5.91 Å². The lowest BCUT2D eigenvalue weighted by Crippen LogP contribution is -2.60. The van der Waals surface area contributed by atoms with Crippen molar-refractivity contribution in [3.8, 4) is 17.0 Å². The summed E-state index contributed by atoms with van der Waals surface area (Å²) in [6.45, 7) is 14.4. The first-order chi connectivity index (χ1) is 19.4. The molecule has 41 heavy (non-hydrogen) atoms. The van der Waals surface area contributed by atoms with Gasteiger partial charge in [-0.2, -0.15) is 4.98 Å². The number of fused-ring (bicyclic) bond motifs is 1. The molecular weight excluding hydrogens is 549 g/mol. The molecule has 0 bridgehead atoms. The number of rotatable bonds is 4. The average Bonchev–Trinajstić information content (AvgIpc) is 2.92. The van der Waals surface area contributed by atoms with Crippen LogP contribution < -0.4 is 21.2 Å². The SMILES string of the molecule is C=CC(=O)N1CCN(c2nc(=O)n(C3NCCNC3C(C)(C)C)c3nc(-c4c(O)cccc4F)c(Cl)cc23)[C@@H](C)C1. The Morgan fingerprint density at radius 3 is 2.61 bits per heavy atom. The monoisotopic (exact) mass is 583 g/mol. The van der Waals surface area contributed by atoms with Gasteiger partial charge in [-0.1, -0.05) is 45.0 Å². The number of pyridine rings is 1. The van der Waals surface area contributed by atoms with E-state index in [-0.39, 0.29) is 51.1 Å². The van der Waals surface area contributed by atoms with E-state index >= 15 is 4.39 Å². The predicted octanol–water partition coefficient (Wildman–Crippen LogP) is 3.29. The van der Waals surface area contributed by atoms with Gasteiger partial charge in [0.15, 0.2) is 0 Å². The maximum absolute atomic E-state index is 15.0. The lowest BCUT2D eigenvalue weighted by molar-refractivity contribution is -0.126. The standard InChI is InChI=1S/C29H35ClFN7O3/c1-6-21(40)36-12-13-37(16(2)15-36)25-17-14-18(30)23(22-19(31)8-7-9-20(22)39)34-26(17)38(28(41)35-25)27-24(29(3,4)5)32-10-11-33-27/h6-9,14,16,24,27,32-33,39H,1,10-13,15H2,2-5H3/t16-,24?,27?/m0/s1. The van der Waals surface area contributed by atoms with Crippen molar-refractivity contribution in [1.29, 1.82) is 0 Å². The third-order valence-corrected chi connectivity index (χ3v) is 8.10. The van der Waals surface area contributed by atoms with Gasteiger partial charge in [-0.15, -0.1) is 0 Å². The molecule has 2 fully saturated rings. The van der Waals surface area contributed by atoms with Crippen LogP contribution in [0.3, 0.4) is 0 Å². The molecule has 4 heterocycles. The Hall–Kier alpha value is -3.54. The van der Waals surface area contributed by atoms with Crippen LogP contribution in [0.2, 0.25) is 5.02 Å². The molecule has 3 atom stereocenters. The zero-order chi connectivity index (χ0) is 29.6. The Balaban J connectivity index is 1.76. The van der Waals surface area contributed by atoms with Crippen molar-refractivity contribution in [3.63, 3.8) is 0 Å². The number of nitrogens with zero attached hydrogens (tertiary/aromatic N) is 5. The van der Waals surface area contributed by atoms with Crippen LogP contribution in [-0.4, -0.2) is 75.3 Å². The first kappa shape index (κ1) is 29.0. The second-order valence-corrected chi connectivity index (χ2v) is 12.0. The lowest BCUT2D eigenvalue weighted by Gasteiger charge is -2.43. The van der Waals surface area contributed by atoms with E-state index in [4.69, 9.17) is 16.6 Å². The second kappa shape index (κ2) is 11.0. The summed E-state index contributed by atoms with van der Waals surface area (Å²) in [4.78, 5) is 39.2. The van der Waals surface area contributed by atoms with Gasteiger partial charge >= 0.3 is 5.69 Å². The van der Waals surface area contributed by atoms with Gasteiger partial charge in [0, 0.05) is 44.8 Å². The van der Waals surface area contributed by atoms with Crippen molar-refractivity contribution in [3.05, 3.63) is 58.2 Å².